The molecule has 1 aromatic carbocycles. The van der Waals surface area contributed by atoms with Gasteiger partial charge in [-0.2, -0.15) is 4.31 Å². The zero-order valence-electron chi connectivity index (χ0n) is 11.3. The fraction of sp³-hybridized carbons (Fsp3) is 0.571. The number of alkyl halides is 1. The second-order valence-corrected chi connectivity index (χ2v) is 7.68. The summed E-state index contributed by atoms with van der Waals surface area (Å²) in [5, 5.41) is -0.0856. The highest BCUT2D eigenvalue weighted by Crippen LogP contribution is 2.30. The molecule has 0 saturated heterocycles. The zero-order chi connectivity index (χ0) is 14.0. The molecule has 0 aromatic heterocycles. The Morgan fingerprint density at radius 1 is 1.21 bits per heavy atom. The summed E-state index contributed by atoms with van der Waals surface area (Å²) in [6.45, 7) is 1.82. The average molecular weight is 302 g/mol. The Bertz CT molecular complexity index is 544. The van der Waals surface area contributed by atoms with Gasteiger partial charge < -0.3 is 0 Å². The molecule has 2 rings (SSSR count). The SMILES string of the molecule is Cc1ccccc1S(=O)(=O)N(C)C1CCCCC1Cl. The maximum atomic E-state index is 12.7. The van der Waals surface area contributed by atoms with Crippen molar-refractivity contribution in [3.8, 4) is 0 Å². The second-order valence-electron chi connectivity index (χ2n) is 5.15. The lowest BCUT2D eigenvalue weighted by atomic mass is 9.95. The van der Waals surface area contributed by atoms with Crippen molar-refractivity contribution < 1.29 is 8.42 Å². The third-order valence-corrected chi connectivity index (χ3v) is 6.42. The lowest BCUT2D eigenvalue weighted by Gasteiger charge is -2.34. The molecule has 5 heteroatoms. The van der Waals surface area contributed by atoms with Crippen LogP contribution in [0.5, 0.6) is 0 Å². The average Bonchev–Trinajstić information content (AvgIpc) is 2.39. The van der Waals surface area contributed by atoms with Crippen molar-refractivity contribution in [2.75, 3.05) is 7.05 Å². The van der Waals surface area contributed by atoms with Crippen LogP contribution < -0.4 is 0 Å². The van der Waals surface area contributed by atoms with Gasteiger partial charge in [-0.15, -0.1) is 11.6 Å². The molecule has 3 nitrogen and oxygen atoms in total. The van der Waals surface area contributed by atoms with Gasteiger partial charge in [-0.3, -0.25) is 0 Å². The number of halogens is 1. The maximum absolute atomic E-state index is 12.7. The third-order valence-electron chi connectivity index (χ3n) is 3.86. The van der Waals surface area contributed by atoms with Crippen LogP contribution >= 0.6 is 11.6 Å². The Morgan fingerprint density at radius 3 is 2.47 bits per heavy atom. The molecule has 0 N–H and O–H groups in total. The predicted molar refractivity (Wildman–Crippen MR) is 78.0 cm³/mol. The van der Waals surface area contributed by atoms with Gasteiger partial charge in [0.2, 0.25) is 10.0 Å². The minimum Gasteiger partial charge on any atom is -0.207 e. The van der Waals surface area contributed by atoms with Crippen LogP contribution in [0.4, 0.5) is 0 Å². The summed E-state index contributed by atoms with van der Waals surface area (Å²) < 4.78 is 26.8. The fourth-order valence-electron chi connectivity index (χ4n) is 2.65. The number of hydrogen-bond donors (Lipinski definition) is 0. The van der Waals surface area contributed by atoms with E-state index in [9.17, 15) is 8.42 Å². The summed E-state index contributed by atoms with van der Waals surface area (Å²) in [6.07, 6.45) is 3.86. The first-order chi connectivity index (χ1) is 8.94. The minimum atomic E-state index is -3.45. The second kappa shape index (κ2) is 5.81. The highest BCUT2D eigenvalue weighted by atomic mass is 35.5. The molecule has 1 aliphatic rings. The van der Waals surface area contributed by atoms with E-state index in [4.69, 9.17) is 11.6 Å². The number of rotatable bonds is 3. The van der Waals surface area contributed by atoms with Gasteiger partial charge in [0.25, 0.3) is 0 Å². The molecular formula is C14H20ClNO2S. The highest BCUT2D eigenvalue weighted by Gasteiger charge is 2.34. The van der Waals surface area contributed by atoms with E-state index in [1.54, 1.807) is 19.2 Å². The molecule has 1 saturated carbocycles. The van der Waals surface area contributed by atoms with Gasteiger partial charge in [0, 0.05) is 13.1 Å². The van der Waals surface area contributed by atoms with Crippen LogP contribution in [0.3, 0.4) is 0 Å². The van der Waals surface area contributed by atoms with Gasteiger partial charge in [0.1, 0.15) is 0 Å². The van der Waals surface area contributed by atoms with Crippen LogP contribution in [-0.4, -0.2) is 31.2 Å². The summed E-state index contributed by atoms with van der Waals surface area (Å²) >= 11 is 6.30. The molecule has 0 radical (unpaired) electrons. The Hall–Kier alpha value is -0.580. The number of benzene rings is 1. The van der Waals surface area contributed by atoms with Gasteiger partial charge in [-0.1, -0.05) is 31.0 Å². The summed E-state index contributed by atoms with van der Waals surface area (Å²) in [7, 11) is -1.81. The van der Waals surface area contributed by atoms with E-state index in [-0.39, 0.29) is 11.4 Å². The number of aryl methyl sites for hydroxylation is 1. The van der Waals surface area contributed by atoms with E-state index in [1.165, 1.54) is 4.31 Å². The molecule has 106 valence electrons. The monoisotopic (exact) mass is 301 g/mol. The Kier molecular flexibility index (Phi) is 4.54. The van der Waals surface area contributed by atoms with E-state index in [0.29, 0.717) is 4.90 Å². The van der Waals surface area contributed by atoms with Crippen molar-refractivity contribution in [2.24, 2.45) is 0 Å². The molecule has 0 aliphatic heterocycles. The van der Waals surface area contributed by atoms with Crippen LogP contribution in [-0.2, 0) is 10.0 Å². The molecule has 2 atom stereocenters. The van der Waals surface area contributed by atoms with Crippen LogP contribution in [0.25, 0.3) is 0 Å². The van der Waals surface area contributed by atoms with E-state index in [1.807, 2.05) is 19.1 Å². The standard InChI is InChI=1S/C14H20ClNO2S/c1-11-7-3-6-10-14(11)19(17,18)16(2)13-9-5-4-8-12(13)15/h3,6-7,10,12-13H,4-5,8-9H2,1-2H3. The number of sulfonamides is 1. The van der Waals surface area contributed by atoms with E-state index < -0.39 is 10.0 Å². The Labute approximate surface area is 120 Å². The lowest BCUT2D eigenvalue weighted by Crippen LogP contribution is -2.44. The molecule has 0 spiro atoms. The van der Waals surface area contributed by atoms with Crippen molar-refractivity contribution in [1.29, 1.82) is 0 Å². The lowest BCUT2D eigenvalue weighted by molar-refractivity contribution is 0.291. The molecule has 19 heavy (non-hydrogen) atoms. The molecule has 2 unspecified atom stereocenters. The smallest absolute Gasteiger partial charge is 0.207 e. The van der Waals surface area contributed by atoms with Crippen molar-refractivity contribution in [1.82, 2.24) is 4.31 Å². The first-order valence-corrected chi connectivity index (χ1v) is 8.50. The molecule has 1 fully saturated rings. The molecule has 0 heterocycles. The number of hydrogen-bond acceptors (Lipinski definition) is 2. The molecule has 0 amide bonds. The van der Waals surface area contributed by atoms with Gasteiger partial charge in [0.05, 0.1) is 10.3 Å². The zero-order valence-corrected chi connectivity index (χ0v) is 12.9. The Morgan fingerprint density at radius 2 is 1.84 bits per heavy atom. The van der Waals surface area contributed by atoms with Crippen molar-refractivity contribution in [3.63, 3.8) is 0 Å². The summed E-state index contributed by atoms with van der Waals surface area (Å²) in [6, 6.07) is 6.99. The van der Waals surface area contributed by atoms with E-state index in [2.05, 4.69) is 0 Å². The normalized spacial score (nSPS) is 24.6. The van der Waals surface area contributed by atoms with E-state index in [0.717, 1.165) is 31.2 Å². The minimum absolute atomic E-state index is 0.0856. The largest absolute Gasteiger partial charge is 0.243 e. The van der Waals surface area contributed by atoms with Crippen LogP contribution in [0.2, 0.25) is 0 Å². The van der Waals surface area contributed by atoms with Crippen LogP contribution in [0, 0.1) is 6.92 Å². The summed E-state index contributed by atoms with van der Waals surface area (Å²) in [5.74, 6) is 0. The van der Waals surface area contributed by atoms with Crippen molar-refractivity contribution >= 4 is 21.6 Å². The predicted octanol–water partition coefficient (Wildman–Crippen LogP) is 3.17. The van der Waals surface area contributed by atoms with E-state index >= 15 is 0 Å². The maximum Gasteiger partial charge on any atom is 0.243 e. The summed E-state index contributed by atoms with van der Waals surface area (Å²) in [5.41, 5.74) is 0.774. The van der Waals surface area contributed by atoms with Gasteiger partial charge in [0.15, 0.2) is 0 Å². The molecule has 1 aromatic rings. The molecule has 0 bridgehead atoms. The highest BCUT2D eigenvalue weighted by molar-refractivity contribution is 7.89. The van der Waals surface area contributed by atoms with Crippen LogP contribution in [0.15, 0.2) is 29.2 Å². The first-order valence-electron chi connectivity index (χ1n) is 6.62. The Balaban J connectivity index is 2.31. The van der Waals surface area contributed by atoms with Crippen molar-refractivity contribution in [2.45, 2.75) is 48.9 Å². The third kappa shape index (κ3) is 2.96. The first kappa shape index (κ1) is 14.8. The van der Waals surface area contributed by atoms with Crippen LogP contribution in [0.1, 0.15) is 31.2 Å². The van der Waals surface area contributed by atoms with Gasteiger partial charge in [-0.05, 0) is 31.4 Å². The van der Waals surface area contributed by atoms with Crippen molar-refractivity contribution in [3.05, 3.63) is 29.8 Å². The quantitative estimate of drug-likeness (QED) is 0.804. The topological polar surface area (TPSA) is 37.4 Å². The van der Waals surface area contributed by atoms with Gasteiger partial charge >= 0.3 is 0 Å². The van der Waals surface area contributed by atoms with Gasteiger partial charge in [-0.25, -0.2) is 8.42 Å². The number of nitrogens with zero attached hydrogens (tertiary/aromatic N) is 1. The summed E-state index contributed by atoms with van der Waals surface area (Å²) in [4.78, 5) is 0.381. The fourth-order valence-corrected chi connectivity index (χ4v) is 4.82. The molecular weight excluding hydrogens is 282 g/mol. The molecule has 1 aliphatic carbocycles.